The first kappa shape index (κ1) is 8.21. The van der Waals surface area contributed by atoms with Gasteiger partial charge in [0.05, 0.1) is 0 Å². The molecule has 0 aliphatic heterocycles. The fourth-order valence-electron chi connectivity index (χ4n) is 0.879. The molecule has 2 heteroatoms. The maximum absolute atomic E-state index is 10.7. The fourth-order valence-corrected chi connectivity index (χ4v) is 1.58. The van der Waals surface area contributed by atoms with Gasteiger partial charge in [0.1, 0.15) is 0 Å². The molecule has 1 nitrogen and oxygen atoms in total. The number of carbonyl (C=O) groups excluding carboxylic acids is 1. The summed E-state index contributed by atoms with van der Waals surface area (Å²) in [4.78, 5) is 11.8. The lowest BCUT2D eigenvalue weighted by atomic mass is 10.2. The van der Waals surface area contributed by atoms with E-state index in [9.17, 15) is 4.79 Å². The molecule has 0 fully saturated rings. The average molecular weight is 166 g/mol. The van der Waals surface area contributed by atoms with Crippen molar-refractivity contribution in [3.05, 3.63) is 28.5 Å². The van der Waals surface area contributed by atoms with Gasteiger partial charge in [-0.2, -0.15) is 0 Å². The van der Waals surface area contributed by atoms with Gasteiger partial charge in [-0.05, 0) is 36.9 Å². The summed E-state index contributed by atoms with van der Waals surface area (Å²) >= 11 is 1.65. The standard InChI is InChI=1S/C9H10OS/c1-7(6-8(2)10)9-4-3-5-11-9/h3-6H,1-2H3. The molecule has 0 aliphatic carbocycles. The number of hydrogen-bond donors (Lipinski definition) is 0. The Morgan fingerprint density at radius 2 is 2.27 bits per heavy atom. The minimum atomic E-state index is 0.107. The van der Waals surface area contributed by atoms with E-state index in [0.717, 1.165) is 5.57 Å². The Morgan fingerprint density at radius 3 is 2.73 bits per heavy atom. The second-order valence-corrected chi connectivity index (χ2v) is 3.36. The predicted molar refractivity (Wildman–Crippen MR) is 48.7 cm³/mol. The summed E-state index contributed by atoms with van der Waals surface area (Å²) in [6.45, 7) is 3.52. The predicted octanol–water partition coefficient (Wildman–Crippen LogP) is 2.74. The van der Waals surface area contributed by atoms with Gasteiger partial charge in [0.15, 0.2) is 5.78 Å². The summed E-state index contributed by atoms with van der Waals surface area (Å²) in [5, 5.41) is 2.01. The smallest absolute Gasteiger partial charge is 0.152 e. The van der Waals surface area contributed by atoms with Crippen LogP contribution in [0.2, 0.25) is 0 Å². The maximum Gasteiger partial charge on any atom is 0.152 e. The summed E-state index contributed by atoms with van der Waals surface area (Å²) in [7, 11) is 0. The van der Waals surface area contributed by atoms with E-state index in [4.69, 9.17) is 0 Å². The van der Waals surface area contributed by atoms with Gasteiger partial charge in [0.2, 0.25) is 0 Å². The largest absolute Gasteiger partial charge is 0.295 e. The molecular weight excluding hydrogens is 156 g/mol. The summed E-state index contributed by atoms with van der Waals surface area (Å²) in [5.41, 5.74) is 1.05. The van der Waals surface area contributed by atoms with Crippen LogP contribution in [0, 0.1) is 0 Å². The van der Waals surface area contributed by atoms with E-state index in [-0.39, 0.29) is 5.78 Å². The minimum absolute atomic E-state index is 0.107. The Bertz CT molecular complexity index is 270. The number of allylic oxidation sites excluding steroid dienone is 2. The Balaban J connectivity index is 2.86. The molecule has 1 aromatic rings. The molecule has 0 N–H and O–H groups in total. The SMILES string of the molecule is CC(=O)C=C(C)c1cccs1. The molecule has 1 rings (SSSR count). The molecule has 0 atom stereocenters. The van der Waals surface area contributed by atoms with Crippen LogP contribution in [0.5, 0.6) is 0 Å². The molecule has 0 aliphatic rings. The third-order valence-corrected chi connectivity index (χ3v) is 2.33. The number of hydrogen-bond acceptors (Lipinski definition) is 2. The van der Waals surface area contributed by atoms with Crippen LogP contribution in [-0.2, 0) is 4.79 Å². The molecule has 0 aromatic carbocycles. The molecule has 11 heavy (non-hydrogen) atoms. The van der Waals surface area contributed by atoms with Crippen molar-refractivity contribution in [1.82, 2.24) is 0 Å². The van der Waals surface area contributed by atoms with E-state index in [1.165, 1.54) is 4.88 Å². The molecule has 1 heterocycles. The lowest BCUT2D eigenvalue weighted by Gasteiger charge is -1.92. The Hall–Kier alpha value is -0.890. The first-order valence-corrected chi connectivity index (χ1v) is 4.31. The molecule has 0 bridgehead atoms. The van der Waals surface area contributed by atoms with E-state index < -0.39 is 0 Å². The summed E-state index contributed by atoms with van der Waals surface area (Å²) < 4.78 is 0. The van der Waals surface area contributed by atoms with Crippen molar-refractivity contribution in [1.29, 1.82) is 0 Å². The lowest BCUT2D eigenvalue weighted by Crippen LogP contribution is -1.82. The van der Waals surface area contributed by atoms with Crippen LogP contribution in [0.4, 0.5) is 0 Å². The van der Waals surface area contributed by atoms with E-state index in [0.29, 0.717) is 0 Å². The van der Waals surface area contributed by atoms with Crippen molar-refractivity contribution < 1.29 is 4.79 Å². The van der Waals surface area contributed by atoms with Crippen LogP contribution in [-0.4, -0.2) is 5.78 Å². The van der Waals surface area contributed by atoms with Gasteiger partial charge in [0.25, 0.3) is 0 Å². The Labute approximate surface area is 70.4 Å². The highest BCUT2D eigenvalue weighted by Crippen LogP contribution is 2.18. The van der Waals surface area contributed by atoms with Crippen molar-refractivity contribution in [2.24, 2.45) is 0 Å². The summed E-state index contributed by atoms with van der Waals surface area (Å²) in [6.07, 6.45) is 1.66. The molecule has 0 saturated heterocycles. The molecule has 0 saturated carbocycles. The van der Waals surface area contributed by atoms with Crippen LogP contribution < -0.4 is 0 Å². The number of ketones is 1. The quantitative estimate of drug-likeness (QED) is 0.617. The maximum atomic E-state index is 10.7. The van der Waals surface area contributed by atoms with Crippen LogP contribution in [0.3, 0.4) is 0 Å². The second-order valence-electron chi connectivity index (χ2n) is 2.42. The zero-order valence-electron chi connectivity index (χ0n) is 6.63. The summed E-state index contributed by atoms with van der Waals surface area (Å²) in [6, 6.07) is 4.00. The van der Waals surface area contributed by atoms with Gasteiger partial charge < -0.3 is 0 Å². The van der Waals surface area contributed by atoms with Crippen LogP contribution in [0.15, 0.2) is 23.6 Å². The second kappa shape index (κ2) is 3.49. The van der Waals surface area contributed by atoms with Gasteiger partial charge in [-0.3, -0.25) is 4.79 Å². The molecule has 0 amide bonds. The normalized spacial score (nSPS) is 11.6. The minimum Gasteiger partial charge on any atom is -0.295 e. The van der Waals surface area contributed by atoms with Gasteiger partial charge in [-0.15, -0.1) is 11.3 Å². The van der Waals surface area contributed by atoms with Crippen molar-refractivity contribution in [2.75, 3.05) is 0 Å². The summed E-state index contributed by atoms with van der Waals surface area (Å²) in [5.74, 6) is 0.107. The first-order valence-electron chi connectivity index (χ1n) is 3.43. The van der Waals surface area contributed by atoms with Crippen LogP contribution in [0.25, 0.3) is 5.57 Å². The number of carbonyl (C=O) groups is 1. The van der Waals surface area contributed by atoms with E-state index in [1.807, 2.05) is 24.4 Å². The zero-order valence-corrected chi connectivity index (χ0v) is 7.44. The van der Waals surface area contributed by atoms with Crippen LogP contribution >= 0.6 is 11.3 Å². The Morgan fingerprint density at radius 1 is 1.55 bits per heavy atom. The molecule has 0 radical (unpaired) electrons. The highest BCUT2D eigenvalue weighted by Gasteiger charge is 1.96. The first-order chi connectivity index (χ1) is 5.20. The molecule has 0 unspecified atom stereocenters. The molecular formula is C9H10OS. The molecule has 1 aromatic heterocycles. The monoisotopic (exact) mass is 166 g/mol. The zero-order chi connectivity index (χ0) is 8.27. The average Bonchev–Trinajstić information content (AvgIpc) is 2.35. The third kappa shape index (κ3) is 2.31. The Kier molecular flexibility index (Phi) is 2.60. The van der Waals surface area contributed by atoms with Gasteiger partial charge in [0, 0.05) is 4.88 Å². The van der Waals surface area contributed by atoms with Crippen molar-refractivity contribution >= 4 is 22.7 Å². The van der Waals surface area contributed by atoms with E-state index in [2.05, 4.69) is 0 Å². The highest BCUT2D eigenvalue weighted by atomic mass is 32.1. The fraction of sp³-hybridized carbons (Fsp3) is 0.222. The van der Waals surface area contributed by atoms with E-state index >= 15 is 0 Å². The third-order valence-electron chi connectivity index (χ3n) is 1.33. The molecule has 0 spiro atoms. The molecule has 58 valence electrons. The van der Waals surface area contributed by atoms with Gasteiger partial charge >= 0.3 is 0 Å². The van der Waals surface area contributed by atoms with Gasteiger partial charge in [-0.1, -0.05) is 6.07 Å². The lowest BCUT2D eigenvalue weighted by molar-refractivity contribution is -0.112. The highest BCUT2D eigenvalue weighted by molar-refractivity contribution is 7.11. The van der Waals surface area contributed by atoms with Crippen molar-refractivity contribution in [3.63, 3.8) is 0 Å². The van der Waals surface area contributed by atoms with Gasteiger partial charge in [-0.25, -0.2) is 0 Å². The number of rotatable bonds is 2. The topological polar surface area (TPSA) is 17.1 Å². The van der Waals surface area contributed by atoms with E-state index in [1.54, 1.807) is 24.3 Å². The number of thiophene rings is 1. The van der Waals surface area contributed by atoms with Crippen LogP contribution in [0.1, 0.15) is 18.7 Å². The van der Waals surface area contributed by atoms with Crippen molar-refractivity contribution in [2.45, 2.75) is 13.8 Å². The van der Waals surface area contributed by atoms with Crippen molar-refractivity contribution in [3.8, 4) is 0 Å².